The van der Waals surface area contributed by atoms with Crippen molar-refractivity contribution in [3.05, 3.63) is 125 Å². The number of aryl methyl sites for hydroxylation is 2. The van der Waals surface area contributed by atoms with Gasteiger partial charge in [-0.1, -0.05) is 79.7 Å². The van der Waals surface area contributed by atoms with E-state index in [9.17, 15) is 19.5 Å². The van der Waals surface area contributed by atoms with Crippen LogP contribution in [0.4, 0.5) is 0 Å². The summed E-state index contributed by atoms with van der Waals surface area (Å²) in [6.07, 6.45) is 2.27. The van der Waals surface area contributed by atoms with E-state index in [1.807, 2.05) is 92.7 Å². The third-order valence-electron chi connectivity index (χ3n) is 8.09. The number of hydrogen-bond donors (Lipinski definition) is 1. The number of aromatic nitrogens is 2. The lowest BCUT2D eigenvalue weighted by Crippen LogP contribution is -2.30. The second-order valence-electron chi connectivity index (χ2n) is 11.5. The summed E-state index contributed by atoms with van der Waals surface area (Å²) < 4.78 is 3.87. The zero-order chi connectivity index (χ0) is 32.8. The second kappa shape index (κ2) is 14.6. The van der Waals surface area contributed by atoms with Gasteiger partial charge in [0.2, 0.25) is 0 Å². The Hall–Kier alpha value is -4.69. The summed E-state index contributed by atoms with van der Waals surface area (Å²) in [5.74, 6) is -0.108. The van der Waals surface area contributed by atoms with Gasteiger partial charge in [0.25, 0.3) is 5.91 Å². The van der Waals surface area contributed by atoms with Crippen LogP contribution in [0.15, 0.2) is 91.0 Å². The number of ketones is 1. The van der Waals surface area contributed by atoms with Crippen molar-refractivity contribution < 1.29 is 19.5 Å². The molecule has 4 aromatic carbocycles. The molecular formula is C38H39N3O4S. The highest BCUT2D eigenvalue weighted by Gasteiger charge is 2.25. The molecule has 8 heteroatoms. The number of fused-ring (bicyclic) bond motifs is 1. The van der Waals surface area contributed by atoms with Crippen LogP contribution in [0.2, 0.25) is 0 Å². The molecule has 1 unspecified atom stereocenters. The maximum absolute atomic E-state index is 14.0. The monoisotopic (exact) mass is 633 g/mol. The van der Waals surface area contributed by atoms with Gasteiger partial charge in [-0.3, -0.25) is 13.9 Å². The van der Waals surface area contributed by atoms with E-state index in [0.717, 1.165) is 52.0 Å². The summed E-state index contributed by atoms with van der Waals surface area (Å²) in [7, 11) is 0. The van der Waals surface area contributed by atoms with Crippen LogP contribution in [0.5, 0.6) is 0 Å². The van der Waals surface area contributed by atoms with Crippen molar-refractivity contribution in [3.8, 4) is 11.1 Å². The molecule has 0 aliphatic rings. The molecule has 5 aromatic rings. The van der Waals surface area contributed by atoms with Crippen molar-refractivity contribution in [2.45, 2.75) is 58.8 Å². The fourth-order valence-corrected chi connectivity index (χ4v) is 6.77. The highest BCUT2D eigenvalue weighted by molar-refractivity contribution is 7.98. The van der Waals surface area contributed by atoms with E-state index in [4.69, 9.17) is 4.98 Å². The first-order valence-electron chi connectivity index (χ1n) is 15.6. The van der Waals surface area contributed by atoms with Gasteiger partial charge in [0.1, 0.15) is 11.6 Å². The van der Waals surface area contributed by atoms with E-state index in [-0.39, 0.29) is 22.5 Å². The van der Waals surface area contributed by atoms with Crippen molar-refractivity contribution in [1.82, 2.24) is 13.9 Å². The van der Waals surface area contributed by atoms with Gasteiger partial charge in [0, 0.05) is 25.1 Å². The number of benzene rings is 4. The van der Waals surface area contributed by atoms with E-state index in [2.05, 4.69) is 11.5 Å². The smallest absolute Gasteiger partial charge is 0.336 e. The van der Waals surface area contributed by atoms with Crippen LogP contribution in [-0.2, 0) is 24.2 Å². The van der Waals surface area contributed by atoms with Crippen molar-refractivity contribution in [3.63, 3.8) is 0 Å². The molecular weight excluding hydrogens is 595 g/mol. The van der Waals surface area contributed by atoms with Crippen LogP contribution in [0.25, 0.3) is 22.2 Å². The van der Waals surface area contributed by atoms with Gasteiger partial charge >= 0.3 is 5.97 Å². The Bertz CT molecular complexity index is 1870. The van der Waals surface area contributed by atoms with Gasteiger partial charge in [-0.15, -0.1) is 0 Å². The molecule has 0 bridgehead atoms. The molecule has 236 valence electrons. The summed E-state index contributed by atoms with van der Waals surface area (Å²) in [5.41, 5.74) is 7.12. The summed E-state index contributed by atoms with van der Waals surface area (Å²) in [5, 5.41) is 9.27. The standard InChI is InChI=1S/C38H39N3O4S/c1-5-12-35-39-36-25(3)21-30(37(43)41(6-2)46-34(26(4)42)22-27-13-8-7-9-14-27)23-33(36)40(35)24-28-17-19-29(20-18-28)31-15-10-11-16-32(31)38(44)45/h7-11,13-21,23,34H,5-6,12,22,24H2,1-4H3,(H,44,45). The lowest BCUT2D eigenvalue weighted by molar-refractivity contribution is -0.116. The normalized spacial score (nSPS) is 11.8. The number of amides is 1. The van der Waals surface area contributed by atoms with E-state index in [1.54, 1.807) is 23.4 Å². The number of carbonyl (C=O) groups is 3. The Morgan fingerprint density at radius 2 is 1.61 bits per heavy atom. The minimum absolute atomic E-state index is 0.0338. The van der Waals surface area contributed by atoms with Crippen LogP contribution in [0.3, 0.4) is 0 Å². The van der Waals surface area contributed by atoms with E-state index >= 15 is 0 Å². The summed E-state index contributed by atoms with van der Waals surface area (Å²) >= 11 is 1.30. The molecule has 0 fully saturated rings. The Labute approximate surface area is 274 Å². The number of nitrogens with zero attached hydrogens (tertiary/aromatic N) is 3. The molecule has 0 aliphatic heterocycles. The molecule has 1 aromatic heterocycles. The Kier molecular flexibility index (Phi) is 10.4. The Balaban J connectivity index is 1.45. The average molecular weight is 634 g/mol. The topological polar surface area (TPSA) is 92.5 Å². The average Bonchev–Trinajstić information content (AvgIpc) is 3.40. The SMILES string of the molecule is CCCc1nc2c(C)cc(C(=O)N(CC)SC(Cc3ccccc3)C(C)=O)cc2n1Cc1ccc(-c2ccccc2C(=O)O)cc1. The molecule has 0 radical (unpaired) electrons. The fourth-order valence-electron chi connectivity index (χ4n) is 5.70. The van der Waals surface area contributed by atoms with Crippen LogP contribution in [-0.4, -0.2) is 48.4 Å². The molecule has 1 atom stereocenters. The lowest BCUT2D eigenvalue weighted by Gasteiger charge is -2.24. The first-order chi connectivity index (χ1) is 22.2. The van der Waals surface area contributed by atoms with Gasteiger partial charge in [-0.25, -0.2) is 9.78 Å². The van der Waals surface area contributed by atoms with E-state index < -0.39 is 5.97 Å². The van der Waals surface area contributed by atoms with Crippen LogP contribution in [0, 0.1) is 6.92 Å². The highest BCUT2D eigenvalue weighted by Crippen LogP contribution is 2.29. The molecule has 7 nitrogen and oxygen atoms in total. The Morgan fingerprint density at radius 1 is 0.913 bits per heavy atom. The maximum atomic E-state index is 14.0. The van der Waals surface area contributed by atoms with Gasteiger partial charge in [-0.2, -0.15) is 0 Å². The first kappa shape index (κ1) is 32.7. The zero-order valence-electron chi connectivity index (χ0n) is 26.7. The number of carboxylic acid groups (broad SMARTS) is 1. The van der Waals surface area contributed by atoms with Crippen molar-refractivity contribution in [2.24, 2.45) is 0 Å². The fraction of sp³-hybridized carbons (Fsp3) is 0.263. The van der Waals surface area contributed by atoms with Crippen molar-refractivity contribution in [1.29, 1.82) is 0 Å². The zero-order valence-corrected chi connectivity index (χ0v) is 27.5. The maximum Gasteiger partial charge on any atom is 0.336 e. The number of carbonyl (C=O) groups excluding carboxylic acids is 2. The van der Waals surface area contributed by atoms with E-state index in [1.165, 1.54) is 11.9 Å². The van der Waals surface area contributed by atoms with Crippen LogP contribution >= 0.6 is 11.9 Å². The molecule has 1 heterocycles. The van der Waals surface area contributed by atoms with Crippen molar-refractivity contribution >= 4 is 40.6 Å². The van der Waals surface area contributed by atoms with Crippen LogP contribution in [0.1, 0.15) is 70.4 Å². The highest BCUT2D eigenvalue weighted by atomic mass is 32.2. The number of imidazole rings is 1. The predicted octanol–water partition coefficient (Wildman–Crippen LogP) is 8.02. The number of carboxylic acids is 1. The summed E-state index contributed by atoms with van der Waals surface area (Å²) in [4.78, 5) is 43.3. The quantitative estimate of drug-likeness (QED) is 0.132. The minimum atomic E-state index is -0.956. The van der Waals surface area contributed by atoms with E-state index in [0.29, 0.717) is 30.6 Å². The molecule has 1 amide bonds. The minimum Gasteiger partial charge on any atom is -0.478 e. The number of aromatic carboxylic acids is 1. The molecule has 0 aliphatic carbocycles. The molecule has 0 saturated carbocycles. The predicted molar refractivity (Wildman–Crippen MR) is 185 cm³/mol. The summed E-state index contributed by atoms with van der Waals surface area (Å²) in [6.45, 7) is 8.63. The molecule has 46 heavy (non-hydrogen) atoms. The molecule has 5 rings (SSSR count). The van der Waals surface area contributed by atoms with Gasteiger partial charge in [-0.05, 0) is 91.6 Å². The van der Waals surface area contributed by atoms with Gasteiger partial charge < -0.3 is 9.67 Å². The third kappa shape index (κ3) is 7.23. The van der Waals surface area contributed by atoms with Gasteiger partial charge in [0.15, 0.2) is 0 Å². The van der Waals surface area contributed by atoms with Crippen molar-refractivity contribution in [2.75, 3.05) is 6.54 Å². The Morgan fingerprint density at radius 3 is 2.26 bits per heavy atom. The van der Waals surface area contributed by atoms with Gasteiger partial charge in [0.05, 0.1) is 21.8 Å². The largest absolute Gasteiger partial charge is 0.478 e. The third-order valence-corrected chi connectivity index (χ3v) is 9.52. The summed E-state index contributed by atoms with van der Waals surface area (Å²) in [6, 6.07) is 28.6. The lowest BCUT2D eigenvalue weighted by atomic mass is 9.98. The molecule has 0 spiro atoms. The molecule has 0 saturated heterocycles. The van der Waals surface area contributed by atoms with Crippen LogP contribution < -0.4 is 0 Å². The second-order valence-corrected chi connectivity index (χ2v) is 12.7. The number of rotatable bonds is 13. The molecule has 1 N–H and O–H groups in total. The number of hydrogen-bond acceptors (Lipinski definition) is 5. The number of Topliss-reactive ketones (excluding diaryl/α,β-unsaturated/α-hetero) is 1. The first-order valence-corrected chi connectivity index (χ1v) is 16.5.